The number of benzene rings is 1. The predicted molar refractivity (Wildman–Crippen MR) is 124 cm³/mol. The molecule has 1 fully saturated rings. The van der Waals surface area contributed by atoms with Crippen LogP contribution in [0.2, 0.25) is 0 Å². The molecular weight excluding hydrogens is 428 g/mol. The van der Waals surface area contributed by atoms with Gasteiger partial charge >= 0.3 is 0 Å². The Bertz CT molecular complexity index is 1350. The van der Waals surface area contributed by atoms with E-state index in [1.165, 1.54) is 17.3 Å². The van der Waals surface area contributed by atoms with Crippen LogP contribution in [0.25, 0.3) is 10.9 Å². The number of rotatable bonds is 2. The number of carbonyl (C=O) groups excluding carboxylic acids is 1. The van der Waals surface area contributed by atoms with E-state index in [0.717, 1.165) is 36.6 Å². The van der Waals surface area contributed by atoms with Crippen molar-refractivity contribution in [3.63, 3.8) is 0 Å². The van der Waals surface area contributed by atoms with Gasteiger partial charge in [0.15, 0.2) is 0 Å². The number of H-pyrrole nitrogens is 1. The number of thioether (sulfide) groups is 1. The average molecular weight is 453 g/mol. The highest BCUT2D eigenvalue weighted by Gasteiger charge is 2.34. The van der Waals surface area contributed by atoms with Gasteiger partial charge in [-0.3, -0.25) is 24.2 Å². The molecule has 0 radical (unpaired) electrons. The summed E-state index contributed by atoms with van der Waals surface area (Å²) in [5.74, 6) is 0.515. The predicted octanol–water partition coefficient (Wildman–Crippen LogP) is 2.56. The molecule has 3 aliphatic rings. The summed E-state index contributed by atoms with van der Waals surface area (Å²) in [7, 11) is 0. The molecule has 0 saturated carbocycles. The van der Waals surface area contributed by atoms with E-state index in [9.17, 15) is 14.4 Å². The van der Waals surface area contributed by atoms with Gasteiger partial charge in [-0.2, -0.15) is 0 Å². The van der Waals surface area contributed by atoms with E-state index in [2.05, 4.69) is 16.5 Å². The second-order valence-corrected chi connectivity index (χ2v) is 9.76. The van der Waals surface area contributed by atoms with Gasteiger partial charge in [-0.05, 0) is 42.7 Å². The second-order valence-electron chi connectivity index (χ2n) is 8.67. The largest absolute Gasteiger partial charge is 0.381 e. The first kappa shape index (κ1) is 19.9. The van der Waals surface area contributed by atoms with Crippen molar-refractivity contribution in [2.24, 2.45) is 0 Å². The molecule has 0 spiro atoms. The third-order valence-electron chi connectivity index (χ3n) is 6.75. The molecule has 6 rings (SSSR count). The fraction of sp³-hybridized carbons (Fsp3) is 0.435. The fourth-order valence-corrected chi connectivity index (χ4v) is 6.40. The first-order valence-electron chi connectivity index (χ1n) is 11.1. The van der Waals surface area contributed by atoms with Gasteiger partial charge in [0.05, 0.1) is 28.1 Å². The van der Waals surface area contributed by atoms with Crippen molar-refractivity contribution in [2.75, 3.05) is 24.3 Å². The molecule has 2 N–H and O–H groups in total. The lowest BCUT2D eigenvalue weighted by Crippen LogP contribution is -2.29. The van der Waals surface area contributed by atoms with Gasteiger partial charge in [-0.15, -0.1) is 11.8 Å². The lowest BCUT2D eigenvalue weighted by atomic mass is 9.98. The molecule has 2 aromatic heterocycles. The van der Waals surface area contributed by atoms with Crippen molar-refractivity contribution in [3.05, 3.63) is 61.7 Å². The Morgan fingerprint density at radius 1 is 1.12 bits per heavy atom. The summed E-state index contributed by atoms with van der Waals surface area (Å²) in [4.78, 5) is 39.4. The van der Waals surface area contributed by atoms with E-state index in [-0.39, 0.29) is 28.8 Å². The Labute approximate surface area is 187 Å². The SMILES string of the molecule is O=C1CSC(c2cc3cccc4c3n(c2=O)CCC4)c2c(n(C3CCOCC3)[nH]c2=O)N1. The Balaban J connectivity index is 1.55. The topological polar surface area (TPSA) is 98.1 Å². The van der Waals surface area contributed by atoms with Crippen molar-refractivity contribution in [2.45, 2.75) is 43.5 Å². The molecule has 1 saturated heterocycles. The molecule has 3 aromatic rings. The minimum atomic E-state index is -0.514. The summed E-state index contributed by atoms with van der Waals surface area (Å²) in [5.41, 5.74) is 2.89. The van der Waals surface area contributed by atoms with Gasteiger partial charge in [0.2, 0.25) is 5.91 Å². The number of hydrogen-bond acceptors (Lipinski definition) is 5. The number of fused-ring (bicyclic) bond motifs is 1. The lowest BCUT2D eigenvalue weighted by molar-refractivity contribution is -0.113. The monoisotopic (exact) mass is 452 g/mol. The van der Waals surface area contributed by atoms with Crippen LogP contribution in [0.4, 0.5) is 5.82 Å². The molecule has 1 aromatic carbocycles. The molecule has 0 aliphatic carbocycles. The molecule has 166 valence electrons. The molecule has 1 atom stereocenters. The number of pyridine rings is 1. The summed E-state index contributed by atoms with van der Waals surface area (Å²) in [6, 6.07) is 8.09. The first-order valence-corrected chi connectivity index (χ1v) is 12.2. The fourth-order valence-electron chi connectivity index (χ4n) is 5.28. The number of nitrogens with zero attached hydrogens (tertiary/aromatic N) is 2. The Morgan fingerprint density at radius 2 is 1.97 bits per heavy atom. The zero-order valence-corrected chi connectivity index (χ0v) is 18.4. The number of aromatic amines is 1. The van der Waals surface area contributed by atoms with E-state index >= 15 is 0 Å². The van der Waals surface area contributed by atoms with Crippen molar-refractivity contribution < 1.29 is 9.53 Å². The molecule has 32 heavy (non-hydrogen) atoms. The highest BCUT2D eigenvalue weighted by atomic mass is 32.2. The summed E-state index contributed by atoms with van der Waals surface area (Å²) in [5, 5.41) is 6.37. The smallest absolute Gasteiger partial charge is 0.270 e. The molecule has 9 heteroatoms. The van der Waals surface area contributed by atoms with E-state index in [1.54, 1.807) is 4.68 Å². The van der Waals surface area contributed by atoms with Crippen LogP contribution in [0.15, 0.2) is 33.9 Å². The van der Waals surface area contributed by atoms with Crippen molar-refractivity contribution in [1.82, 2.24) is 14.3 Å². The summed E-state index contributed by atoms with van der Waals surface area (Å²) in [6.07, 6.45) is 3.40. The van der Waals surface area contributed by atoms with Gasteiger partial charge < -0.3 is 14.6 Å². The van der Waals surface area contributed by atoms with Crippen LogP contribution in [0.1, 0.15) is 47.2 Å². The van der Waals surface area contributed by atoms with E-state index in [1.807, 2.05) is 22.8 Å². The first-order chi connectivity index (χ1) is 15.6. The molecule has 5 heterocycles. The molecule has 0 bridgehead atoms. The van der Waals surface area contributed by atoms with Gasteiger partial charge in [-0.1, -0.05) is 18.2 Å². The Hall–Kier alpha value is -2.78. The molecule has 1 amide bonds. The summed E-state index contributed by atoms with van der Waals surface area (Å²) >= 11 is 1.34. The van der Waals surface area contributed by atoms with Gasteiger partial charge in [0.1, 0.15) is 5.82 Å². The van der Waals surface area contributed by atoms with E-state index < -0.39 is 5.25 Å². The van der Waals surface area contributed by atoms with E-state index in [0.29, 0.717) is 36.7 Å². The molecule has 3 aliphatic heterocycles. The van der Waals surface area contributed by atoms with Crippen molar-refractivity contribution in [3.8, 4) is 0 Å². The highest BCUT2D eigenvalue weighted by Crippen LogP contribution is 2.41. The number of nitrogens with one attached hydrogen (secondary N) is 2. The van der Waals surface area contributed by atoms with Crippen LogP contribution in [0.3, 0.4) is 0 Å². The second kappa shape index (κ2) is 7.67. The number of ether oxygens (including phenoxy) is 1. The van der Waals surface area contributed by atoms with Gasteiger partial charge in [0, 0.05) is 25.3 Å². The minimum Gasteiger partial charge on any atom is -0.381 e. The van der Waals surface area contributed by atoms with Crippen LogP contribution >= 0.6 is 11.8 Å². The van der Waals surface area contributed by atoms with Gasteiger partial charge in [-0.25, -0.2) is 0 Å². The average Bonchev–Trinajstić information content (AvgIpc) is 3.02. The maximum Gasteiger partial charge on any atom is 0.270 e. The minimum absolute atomic E-state index is 0.0469. The number of carbonyl (C=O) groups is 1. The Morgan fingerprint density at radius 3 is 2.81 bits per heavy atom. The number of para-hydroxylation sites is 1. The van der Waals surface area contributed by atoms with Crippen LogP contribution in [-0.2, 0) is 22.5 Å². The number of amides is 1. The van der Waals surface area contributed by atoms with E-state index in [4.69, 9.17) is 4.74 Å². The van der Waals surface area contributed by atoms with Crippen molar-refractivity contribution >= 4 is 34.4 Å². The Kier molecular flexibility index (Phi) is 4.76. The molecular formula is C23H24N4O4S. The van der Waals surface area contributed by atoms with Crippen LogP contribution in [-0.4, -0.2) is 39.2 Å². The van der Waals surface area contributed by atoms with Gasteiger partial charge in [0.25, 0.3) is 11.1 Å². The summed E-state index contributed by atoms with van der Waals surface area (Å²) < 4.78 is 9.11. The normalized spacial score (nSPS) is 21.2. The lowest BCUT2D eigenvalue weighted by Gasteiger charge is -2.25. The number of hydrogen-bond donors (Lipinski definition) is 2. The third kappa shape index (κ3) is 3.06. The third-order valence-corrected chi connectivity index (χ3v) is 8.01. The molecule has 8 nitrogen and oxygen atoms in total. The van der Waals surface area contributed by atoms with Crippen molar-refractivity contribution in [1.29, 1.82) is 0 Å². The van der Waals surface area contributed by atoms with Crippen LogP contribution < -0.4 is 16.4 Å². The van der Waals surface area contributed by atoms with Crippen LogP contribution in [0, 0.1) is 0 Å². The highest BCUT2D eigenvalue weighted by molar-refractivity contribution is 8.00. The number of aryl methyl sites for hydroxylation is 2. The number of aromatic nitrogens is 3. The standard InChI is InChI=1S/C23H24N4O4S/c28-17-12-32-20(18-21(24-17)27(25-22(18)29)15-6-9-31-10-7-15)16-11-14-4-1-3-13-5-2-8-26(19(13)14)23(16)30/h1,3-4,11,15,20H,2,5-10,12H2,(H,24,28)(H,25,29). The molecule has 1 unspecified atom stereocenters. The van der Waals surface area contributed by atoms with Crippen LogP contribution in [0.5, 0.6) is 0 Å². The zero-order chi connectivity index (χ0) is 21.8. The maximum atomic E-state index is 13.6. The zero-order valence-electron chi connectivity index (χ0n) is 17.6. The quantitative estimate of drug-likeness (QED) is 0.623. The maximum absolute atomic E-state index is 13.6. The number of anilines is 1. The summed E-state index contributed by atoms with van der Waals surface area (Å²) in [6.45, 7) is 1.90.